The molecule has 13 heteroatoms. The Morgan fingerprint density at radius 2 is 1.64 bits per heavy atom. The summed E-state index contributed by atoms with van der Waals surface area (Å²) in [7, 11) is 0. The highest BCUT2D eigenvalue weighted by molar-refractivity contribution is 7.99. The summed E-state index contributed by atoms with van der Waals surface area (Å²) in [6.45, 7) is 0. The molecule has 0 saturated heterocycles. The molecule has 0 aliphatic carbocycles. The van der Waals surface area contributed by atoms with Gasteiger partial charge in [0.15, 0.2) is 0 Å². The van der Waals surface area contributed by atoms with Gasteiger partial charge in [-0.3, -0.25) is 0 Å². The molecule has 1 heterocycles. The van der Waals surface area contributed by atoms with Gasteiger partial charge >= 0.3 is 6.36 Å². The average molecular weight is 462 g/mol. The Morgan fingerprint density at radius 3 is 2.08 bits per heavy atom. The van der Waals surface area contributed by atoms with Crippen LogP contribution in [0, 0.1) is 0 Å². The van der Waals surface area contributed by atoms with Crippen LogP contribution < -0.4 is 4.74 Å². The molecular formula is C12H5Cl4F5N2OS. The lowest BCUT2D eigenvalue weighted by atomic mass is 10.3. The number of alkyl halides is 7. The summed E-state index contributed by atoms with van der Waals surface area (Å²) in [5.74, 6) is -0.693. The van der Waals surface area contributed by atoms with E-state index in [9.17, 15) is 22.0 Å². The Labute approximate surface area is 161 Å². The van der Waals surface area contributed by atoms with E-state index in [1.165, 1.54) is 0 Å². The van der Waals surface area contributed by atoms with E-state index in [2.05, 4.69) is 9.84 Å². The van der Waals surface area contributed by atoms with Gasteiger partial charge in [0.25, 0.3) is 4.59 Å². The second-order valence-electron chi connectivity index (χ2n) is 4.31. The third-order valence-electron chi connectivity index (χ3n) is 2.62. The molecule has 0 spiro atoms. The fraction of sp³-hybridized carbons (Fsp3) is 0.250. The van der Waals surface area contributed by atoms with Gasteiger partial charge in [-0.2, -0.15) is 5.10 Å². The first-order valence-corrected chi connectivity index (χ1v) is 8.53. The van der Waals surface area contributed by atoms with Crippen LogP contribution in [0.1, 0.15) is 5.69 Å². The fourth-order valence-electron chi connectivity index (χ4n) is 1.80. The smallest absolute Gasteiger partial charge is 0.406 e. The Hall–Kier alpha value is -0.610. The molecule has 0 N–H and O–H groups in total. The zero-order valence-electron chi connectivity index (χ0n) is 11.6. The van der Waals surface area contributed by atoms with E-state index in [4.69, 9.17) is 46.4 Å². The minimum absolute atomic E-state index is 0.00331. The summed E-state index contributed by atoms with van der Waals surface area (Å²) in [5, 5.41) is 3.15. The third kappa shape index (κ3) is 5.19. The summed E-state index contributed by atoms with van der Waals surface area (Å²) >= 11 is 23.3. The van der Waals surface area contributed by atoms with E-state index < -0.39 is 28.4 Å². The number of hydrogen-bond donors (Lipinski definition) is 0. The van der Waals surface area contributed by atoms with Crippen LogP contribution in [0.25, 0.3) is 5.69 Å². The number of thioether (sulfide) groups is 1. The van der Waals surface area contributed by atoms with Gasteiger partial charge in [0.2, 0.25) is 0 Å². The lowest BCUT2D eigenvalue weighted by Gasteiger charge is -2.16. The van der Waals surface area contributed by atoms with E-state index in [0.717, 1.165) is 22.9 Å². The molecule has 138 valence electrons. The van der Waals surface area contributed by atoms with E-state index in [1.807, 2.05) is 0 Å². The van der Waals surface area contributed by atoms with Crippen molar-refractivity contribution in [2.45, 2.75) is 16.0 Å². The van der Waals surface area contributed by atoms with Gasteiger partial charge in [0.1, 0.15) is 28.2 Å². The van der Waals surface area contributed by atoms with Crippen LogP contribution in [0.3, 0.4) is 0 Å². The van der Waals surface area contributed by atoms with Crippen LogP contribution >= 0.6 is 58.2 Å². The van der Waals surface area contributed by atoms with Crippen LogP contribution in [0.2, 0.25) is 10.0 Å². The van der Waals surface area contributed by atoms with Crippen molar-refractivity contribution in [1.82, 2.24) is 9.78 Å². The number of halogens is 9. The molecule has 0 unspecified atom stereocenters. The van der Waals surface area contributed by atoms with Gasteiger partial charge in [0, 0.05) is 12.1 Å². The van der Waals surface area contributed by atoms with Crippen molar-refractivity contribution in [2.24, 2.45) is 0 Å². The molecule has 0 atom stereocenters. The number of hydrogen-bond acceptors (Lipinski definition) is 3. The minimum atomic E-state index is -4.96. The maximum Gasteiger partial charge on any atom is 0.573 e. The number of rotatable bonds is 5. The first kappa shape index (κ1) is 20.7. The number of ether oxygens (including phenoxy) is 1. The summed E-state index contributed by atoms with van der Waals surface area (Å²) in [5.41, 5.74) is -0.665. The van der Waals surface area contributed by atoms with Crippen molar-refractivity contribution in [3.05, 3.63) is 33.9 Å². The highest BCUT2D eigenvalue weighted by Crippen LogP contribution is 2.42. The maximum atomic E-state index is 14.0. The number of aromatic nitrogens is 2. The molecule has 0 amide bonds. The van der Waals surface area contributed by atoms with Crippen molar-refractivity contribution in [2.75, 3.05) is 6.01 Å². The highest BCUT2D eigenvalue weighted by Gasteiger charge is 2.34. The second kappa shape index (κ2) is 7.56. The van der Waals surface area contributed by atoms with Crippen LogP contribution in [0.15, 0.2) is 23.2 Å². The van der Waals surface area contributed by atoms with E-state index in [1.54, 1.807) is 0 Å². The number of benzene rings is 1. The van der Waals surface area contributed by atoms with Gasteiger partial charge in [-0.05, 0) is 6.07 Å². The lowest BCUT2D eigenvalue weighted by molar-refractivity contribution is -0.274. The molecule has 0 radical (unpaired) electrons. The molecule has 2 aromatic rings. The zero-order chi connectivity index (χ0) is 19.0. The average Bonchev–Trinajstić information content (AvgIpc) is 2.80. The van der Waals surface area contributed by atoms with Gasteiger partial charge < -0.3 is 4.74 Å². The predicted octanol–water partition coefficient (Wildman–Crippen LogP) is 6.65. The Kier molecular flexibility index (Phi) is 6.26. The van der Waals surface area contributed by atoms with Crippen molar-refractivity contribution in [3.63, 3.8) is 0 Å². The lowest BCUT2D eigenvalue weighted by Crippen LogP contribution is -2.17. The highest BCUT2D eigenvalue weighted by atomic mass is 35.5. The van der Waals surface area contributed by atoms with E-state index in [-0.39, 0.29) is 20.8 Å². The van der Waals surface area contributed by atoms with Crippen LogP contribution in [0.5, 0.6) is 5.75 Å². The molecule has 0 fully saturated rings. The topological polar surface area (TPSA) is 27.1 Å². The summed E-state index contributed by atoms with van der Waals surface area (Å²) in [6, 6.07) is 1.77. The molecular weight excluding hydrogens is 457 g/mol. The molecule has 0 bridgehead atoms. The summed E-state index contributed by atoms with van der Waals surface area (Å²) in [6.07, 6.45) is -4.96. The maximum absolute atomic E-state index is 14.0. The van der Waals surface area contributed by atoms with Crippen molar-refractivity contribution in [3.8, 4) is 11.4 Å². The molecule has 0 aliphatic heterocycles. The van der Waals surface area contributed by atoms with E-state index in [0.29, 0.717) is 11.8 Å². The molecule has 1 aromatic heterocycles. The largest absolute Gasteiger partial charge is 0.573 e. The Bertz CT molecular complexity index is 755. The summed E-state index contributed by atoms with van der Waals surface area (Å²) < 4.78 is 64.9. The fourth-order valence-corrected chi connectivity index (χ4v) is 3.14. The molecule has 0 aliphatic rings. The van der Waals surface area contributed by atoms with Gasteiger partial charge in [-0.15, -0.1) is 13.2 Å². The first-order chi connectivity index (χ1) is 11.4. The van der Waals surface area contributed by atoms with Crippen molar-refractivity contribution < 1.29 is 26.7 Å². The second-order valence-corrected chi connectivity index (χ2v) is 7.29. The van der Waals surface area contributed by atoms with Crippen LogP contribution in [0.4, 0.5) is 22.0 Å². The number of nitrogens with zero attached hydrogens (tertiary/aromatic N) is 2. The Balaban J connectivity index is 2.58. The standard InChI is InChI=1S/C12H5Cl4F5N2OS/c13-6-1-5(24-12(19,20)21)2-7(14)10(6)23-8(11(15,16)18)3-9(22-23)25-4-17/h1-3H,4H2. The SMILES string of the molecule is FCSc1cc(C(F)(Cl)Cl)n(-c2c(Cl)cc(OC(F)(F)F)cc2Cl)n1. The quantitative estimate of drug-likeness (QED) is 0.283. The normalized spacial score (nSPS) is 12.5. The van der Waals surface area contributed by atoms with E-state index >= 15 is 0 Å². The molecule has 0 saturated carbocycles. The molecule has 3 nitrogen and oxygen atoms in total. The van der Waals surface area contributed by atoms with Gasteiger partial charge in [-0.25, -0.2) is 13.5 Å². The van der Waals surface area contributed by atoms with Gasteiger partial charge in [-0.1, -0.05) is 58.2 Å². The third-order valence-corrected chi connectivity index (χ3v) is 4.18. The minimum Gasteiger partial charge on any atom is -0.406 e. The van der Waals surface area contributed by atoms with Crippen LogP contribution in [-0.4, -0.2) is 22.1 Å². The zero-order valence-corrected chi connectivity index (χ0v) is 15.4. The van der Waals surface area contributed by atoms with Crippen molar-refractivity contribution in [1.29, 1.82) is 0 Å². The van der Waals surface area contributed by atoms with Crippen LogP contribution in [-0.2, 0) is 4.59 Å². The van der Waals surface area contributed by atoms with Crippen molar-refractivity contribution >= 4 is 58.2 Å². The molecule has 25 heavy (non-hydrogen) atoms. The monoisotopic (exact) mass is 460 g/mol. The first-order valence-electron chi connectivity index (χ1n) is 6.03. The molecule has 2 rings (SSSR count). The van der Waals surface area contributed by atoms with Gasteiger partial charge in [0.05, 0.1) is 10.0 Å². The predicted molar refractivity (Wildman–Crippen MR) is 86.6 cm³/mol. The Morgan fingerprint density at radius 1 is 1.08 bits per heavy atom. The summed E-state index contributed by atoms with van der Waals surface area (Å²) in [4.78, 5) is 0. The molecule has 1 aromatic carbocycles.